The van der Waals surface area contributed by atoms with E-state index in [1.165, 1.54) is 31.3 Å². The minimum Gasteiger partial charge on any atom is -0.265 e. The number of pyridine rings is 2. The van der Waals surface area contributed by atoms with Crippen LogP contribution in [0.25, 0.3) is 76.6 Å². The van der Waals surface area contributed by atoms with Crippen molar-refractivity contribution in [3.63, 3.8) is 0 Å². The summed E-state index contributed by atoms with van der Waals surface area (Å²) in [5, 5.41) is 2.58. The van der Waals surface area contributed by atoms with Gasteiger partial charge in [-0.05, 0) is 74.8 Å². The molecule has 10 aromatic rings. The number of hydrogen-bond acceptors (Lipinski definition) is 6. The molecular weight excluding hydrogens is 703 g/mol. The first-order chi connectivity index (χ1) is 27.8. The SMILES string of the molecule is c1ccc(-c2nc(-c3ccc(-c4cccc5c4sc4ccccc45)cc3)nc(-c3cccc4c3-c3ccccc3C4(c3ccncc3)c3ccncc3)n2)cc1. The van der Waals surface area contributed by atoms with E-state index in [0.29, 0.717) is 17.5 Å². The van der Waals surface area contributed by atoms with Crippen LogP contribution in [0.3, 0.4) is 0 Å². The third-order valence-electron chi connectivity index (χ3n) is 11.1. The number of rotatable bonds is 6. The van der Waals surface area contributed by atoms with Crippen molar-refractivity contribution in [1.29, 1.82) is 0 Å². The molecule has 0 atom stereocenters. The molecule has 0 unspecified atom stereocenters. The van der Waals surface area contributed by atoms with E-state index < -0.39 is 5.41 Å². The molecule has 6 aromatic carbocycles. The van der Waals surface area contributed by atoms with Gasteiger partial charge in [-0.1, -0.05) is 133 Å². The standard InChI is InChI=1S/C50H31N5S/c1-2-10-33(11-3-1)47-53-48(34-22-20-32(21-23-34)37-14-8-15-39-38-12-5-7-19-44(38)56-46(37)39)55-49(54-47)41-16-9-18-43-45(41)40-13-4-6-17-42(40)50(43,35-24-28-51-29-25-35)36-26-30-52-31-27-36/h1-31H. The summed E-state index contributed by atoms with van der Waals surface area (Å²) in [5.74, 6) is 1.88. The highest BCUT2D eigenvalue weighted by atomic mass is 32.1. The van der Waals surface area contributed by atoms with E-state index in [-0.39, 0.29) is 0 Å². The molecule has 6 heteroatoms. The van der Waals surface area contributed by atoms with E-state index >= 15 is 0 Å². The van der Waals surface area contributed by atoms with E-state index in [2.05, 4.69) is 156 Å². The van der Waals surface area contributed by atoms with Crippen molar-refractivity contribution < 1.29 is 0 Å². The maximum absolute atomic E-state index is 5.28. The van der Waals surface area contributed by atoms with Crippen LogP contribution in [0.4, 0.5) is 0 Å². The summed E-state index contributed by atoms with van der Waals surface area (Å²) in [5.41, 5.74) is 11.5. The van der Waals surface area contributed by atoms with Crippen LogP contribution in [-0.4, -0.2) is 24.9 Å². The summed E-state index contributed by atoms with van der Waals surface area (Å²) in [6.45, 7) is 0. The van der Waals surface area contributed by atoms with Gasteiger partial charge in [0, 0.05) is 61.7 Å². The van der Waals surface area contributed by atoms with Crippen LogP contribution in [0.5, 0.6) is 0 Å². The molecule has 5 nitrogen and oxygen atoms in total. The molecule has 1 aliphatic carbocycles. The first kappa shape index (κ1) is 32.3. The highest BCUT2D eigenvalue weighted by Crippen LogP contribution is 2.58. The van der Waals surface area contributed by atoms with Crippen LogP contribution in [0.1, 0.15) is 22.3 Å². The van der Waals surface area contributed by atoms with Crippen molar-refractivity contribution in [2.24, 2.45) is 0 Å². The fourth-order valence-corrected chi connectivity index (χ4v) is 9.86. The summed E-state index contributed by atoms with van der Waals surface area (Å²) >= 11 is 1.85. The van der Waals surface area contributed by atoms with Crippen molar-refractivity contribution >= 4 is 31.5 Å². The van der Waals surface area contributed by atoms with Crippen molar-refractivity contribution in [3.05, 3.63) is 211 Å². The zero-order chi connectivity index (χ0) is 37.1. The smallest absolute Gasteiger partial charge is 0.164 e. The Bertz CT molecular complexity index is 3030. The second-order valence-corrected chi connectivity index (χ2v) is 15.1. The molecule has 56 heavy (non-hydrogen) atoms. The second-order valence-electron chi connectivity index (χ2n) is 14.0. The molecule has 0 saturated heterocycles. The van der Waals surface area contributed by atoms with E-state index in [9.17, 15) is 0 Å². The molecule has 0 fully saturated rings. The van der Waals surface area contributed by atoms with Gasteiger partial charge in [-0.15, -0.1) is 11.3 Å². The molecular formula is C50H31N5S. The van der Waals surface area contributed by atoms with Crippen molar-refractivity contribution in [2.75, 3.05) is 0 Å². The van der Waals surface area contributed by atoms with Gasteiger partial charge in [0.2, 0.25) is 0 Å². The molecule has 0 aliphatic heterocycles. The molecule has 262 valence electrons. The monoisotopic (exact) mass is 733 g/mol. The lowest BCUT2D eigenvalue weighted by Gasteiger charge is -2.33. The highest BCUT2D eigenvalue weighted by Gasteiger charge is 2.47. The maximum atomic E-state index is 5.28. The van der Waals surface area contributed by atoms with Crippen LogP contribution in [-0.2, 0) is 5.41 Å². The van der Waals surface area contributed by atoms with Gasteiger partial charge in [-0.3, -0.25) is 9.97 Å². The van der Waals surface area contributed by atoms with Gasteiger partial charge in [-0.25, -0.2) is 15.0 Å². The molecule has 0 radical (unpaired) electrons. The molecule has 0 N–H and O–H groups in total. The Morgan fingerprint density at radius 3 is 1.66 bits per heavy atom. The number of hydrogen-bond donors (Lipinski definition) is 0. The Morgan fingerprint density at radius 1 is 0.375 bits per heavy atom. The minimum atomic E-state index is -0.598. The predicted octanol–water partition coefficient (Wildman–Crippen LogP) is 12.1. The Kier molecular flexibility index (Phi) is 7.50. The molecule has 1 aliphatic rings. The summed E-state index contributed by atoms with van der Waals surface area (Å²) in [6, 6.07) is 57.8. The zero-order valence-electron chi connectivity index (χ0n) is 30.0. The zero-order valence-corrected chi connectivity index (χ0v) is 30.9. The number of aromatic nitrogens is 5. The first-order valence-electron chi connectivity index (χ1n) is 18.6. The Morgan fingerprint density at radius 2 is 0.911 bits per heavy atom. The predicted molar refractivity (Wildman–Crippen MR) is 227 cm³/mol. The molecule has 0 bridgehead atoms. The molecule has 0 amide bonds. The van der Waals surface area contributed by atoms with E-state index in [4.69, 9.17) is 15.0 Å². The number of nitrogens with zero attached hydrogens (tertiary/aromatic N) is 5. The van der Waals surface area contributed by atoms with Crippen LogP contribution in [0.2, 0.25) is 0 Å². The van der Waals surface area contributed by atoms with Gasteiger partial charge in [-0.2, -0.15) is 0 Å². The summed E-state index contributed by atoms with van der Waals surface area (Å²) in [6.07, 6.45) is 7.51. The average Bonchev–Trinajstić information content (AvgIpc) is 3.82. The second kappa shape index (κ2) is 13.0. The van der Waals surface area contributed by atoms with Crippen molar-refractivity contribution in [1.82, 2.24) is 24.9 Å². The fourth-order valence-electron chi connectivity index (χ4n) is 8.62. The van der Waals surface area contributed by atoms with Crippen LogP contribution < -0.4 is 0 Å². The van der Waals surface area contributed by atoms with Gasteiger partial charge >= 0.3 is 0 Å². The normalized spacial score (nSPS) is 12.8. The van der Waals surface area contributed by atoms with Crippen molar-refractivity contribution in [2.45, 2.75) is 5.41 Å². The van der Waals surface area contributed by atoms with E-state index in [1.807, 2.05) is 54.3 Å². The minimum absolute atomic E-state index is 0.598. The number of thiophene rings is 1. The van der Waals surface area contributed by atoms with Crippen LogP contribution in [0, 0.1) is 0 Å². The number of benzene rings is 6. The summed E-state index contributed by atoms with van der Waals surface area (Å²) in [4.78, 5) is 24.4. The van der Waals surface area contributed by atoms with Gasteiger partial charge in [0.1, 0.15) is 0 Å². The Balaban J connectivity index is 1.10. The van der Waals surface area contributed by atoms with Gasteiger partial charge in [0.05, 0.1) is 5.41 Å². The lowest BCUT2D eigenvalue weighted by atomic mass is 9.68. The van der Waals surface area contributed by atoms with E-state index in [0.717, 1.165) is 50.1 Å². The largest absolute Gasteiger partial charge is 0.265 e. The van der Waals surface area contributed by atoms with Crippen molar-refractivity contribution in [3.8, 4) is 56.4 Å². The lowest BCUT2D eigenvalue weighted by Crippen LogP contribution is -2.28. The topological polar surface area (TPSA) is 64.5 Å². The molecule has 11 rings (SSSR count). The third kappa shape index (κ3) is 4.96. The van der Waals surface area contributed by atoms with Gasteiger partial charge in [0.25, 0.3) is 0 Å². The van der Waals surface area contributed by atoms with E-state index in [1.54, 1.807) is 0 Å². The average molecular weight is 734 g/mol. The molecule has 0 spiro atoms. The quantitative estimate of drug-likeness (QED) is 0.170. The fraction of sp³-hybridized carbons (Fsp3) is 0.0200. The van der Waals surface area contributed by atoms with Crippen LogP contribution in [0.15, 0.2) is 189 Å². The maximum Gasteiger partial charge on any atom is 0.164 e. The molecule has 4 aromatic heterocycles. The summed E-state index contributed by atoms with van der Waals surface area (Å²) in [7, 11) is 0. The van der Waals surface area contributed by atoms with Gasteiger partial charge in [0.15, 0.2) is 17.5 Å². The van der Waals surface area contributed by atoms with Crippen LogP contribution >= 0.6 is 11.3 Å². The van der Waals surface area contributed by atoms with Gasteiger partial charge < -0.3 is 0 Å². The number of fused-ring (bicyclic) bond motifs is 6. The molecule has 0 saturated carbocycles. The molecule has 4 heterocycles. The first-order valence-corrected chi connectivity index (χ1v) is 19.5. The highest BCUT2D eigenvalue weighted by molar-refractivity contribution is 7.26. The Hall–Kier alpha value is -7.15. The third-order valence-corrected chi connectivity index (χ3v) is 12.3. The summed E-state index contributed by atoms with van der Waals surface area (Å²) < 4.78 is 2.59. The Labute approximate surface area is 327 Å². The lowest BCUT2D eigenvalue weighted by molar-refractivity contribution is 0.764.